The van der Waals surface area contributed by atoms with Gasteiger partial charge >= 0.3 is 0 Å². The number of amides is 1. The van der Waals surface area contributed by atoms with Crippen molar-refractivity contribution in [2.24, 2.45) is 0 Å². The zero-order valence-electron chi connectivity index (χ0n) is 12.7. The van der Waals surface area contributed by atoms with Crippen LogP contribution in [0.5, 0.6) is 0 Å². The number of hydrogen-bond donors (Lipinski definition) is 1. The van der Waals surface area contributed by atoms with Crippen molar-refractivity contribution in [3.8, 4) is 0 Å². The molecule has 0 bridgehead atoms. The fourth-order valence-electron chi connectivity index (χ4n) is 2.63. The largest absolute Gasteiger partial charge is 0.352 e. The molecule has 1 saturated carbocycles. The third-order valence-electron chi connectivity index (χ3n) is 4.00. The highest BCUT2D eigenvalue weighted by Gasteiger charge is 2.29. The molecule has 0 radical (unpaired) electrons. The summed E-state index contributed by atoms with van der Waals surface area (Å²) >= 11 is 0. The van der Waals surface area contributed by atoms with Crippen molar-refractivity contribution in [1.29, 1.82) is 0 Å². The molecule has 0 spiro atoms. The number of carbonyl (C=O) groups is 1. The smallest absolute Gasteiger partial charge is 0.253 e. The Labute approximate surface area is 127 Å². The number of fused-ring (bicyclic) bond motifs is 1. The number of carbonyl (C=O) groups excluding carboxylic acids is 1. The third-order valence-corrected chi connectivity index (χ3v) is 4.00. The van der Waals surface area contributed by atoms with E-state index in [0.29, 0.717) is 11.5 Å². The van der Waals surface area contributed by atoms with Gasteiger partial charge in [-0.2, -0.15) is 0 Å². The molecule has 2 heterocycles. The van der Waals surface area contributed by atoms with Crippen molar-refractivity contribution < 1.29 is 13.6 Å². The standard InChI is InChI=1S/C16H19F2N3O/c1-10-13(15(22)19-8-7-16(2,17)18)6-5-12-9-20-14(21(10)12)11-3-4-11/h5-6,9,11H,3-4,7-8H2,1-2H3,(H,19,22). The van der Waals surface area contributed by atoms with Gasteiger partial charge in [-0.25, -0.2) is 13.8 Å². The van der Waals surface area contributed by atoms with E-state index in [4.69, 9.17) is 0 Å². The molecule has 0 atom stereocenters. The van der Waals surface area contributed by atoms with Gasteiger partial charge in [0.2, 0.25) is 5.92 Å². The maximum absolute atomic E-state index is 12.8. The molecule has 3 rings (SSSR count). The van der Waals surface area contributed by atoms with Crippen LogP contribution in [0.4, 0.5) is 8.78 Å². The average molecular weight is 307 g/mol. The number of rotatable bonds is 5. The number of halogens is 2. The Morgan fingerprint density at radius 1 is 1.45 bits per heavy atom. The van der Waals surface area contributed by atoms with Gasteiger partial charge in [-0.15, -0.1) is 0 Å². The van der Waals surface area contributed by atoms with Crippen LogP contribution in [-0.4, -0.2) is 27.8 Å². The lowest BCUT2D eigenvalue weighted by atomic mass is 10.1. The molecule has 0 aromatic carbocycles. The van der Waals surface area contributed by atoms with E-state index in [-0.39, 0.29) is 18.9 Å². The first kappa shape index (κ1) is 14.9. The Bertz CT molecular complexity index is 714. The van der Waals surface area contributed by atoms with Crippen LogP contribution in [0.1, 0.15) is 54.0 Å². The van der Waals surface area contributed by atoms with Gasteiger partial charge in [-0.1, -0.05) is 0 Å². The summed E-state index contributed by atoms with van der Waals surface area (Å²) in [6, 6.07) is 3.57. The molecule has 0 unspecified atom stereocenters. The fourth-order valence-corrected chi connectivity index (χ4v) is 2.63. The van der Waals surface area contributed by atoms with Gasteiger partial charge in [0.1, 0.15) is 5.82 Å². The Balaban J connectivity index is 1.83. The molecule has 1 amide bonds. The summed E-state index contributed by atoms with van der Waals surface area (Å²) in [5.74, 6) is -1.63. The van der Waals surface area contributed by atoms with Gasteiger partial charge in [-0.3, -0.25) is 9.20 Å². The SMILES string of the molecule is Cc1c(C(=O)NCCC(C)(F)F)ccc2cnc(C3CC3)n12. The van der Waals surface area contributed by atoms with Gasteiger partial charge in [-0.05, 0) is 38.8 Å². The van der Waals surface area contributed by atoms with E-state index in [0.717, 1.165) is 36.8 Å². The molecule has 2 aromatic heterocycles. The van der Waals surface area contributed by atoms with Crippen molar-refractivity contribution in [3.05, 3.63) is 35.4 Å². The summed E-state index contributed by atoms with van der Waals surface area (Å²) in [5, 5.41) is 2.56. The monoisotopic (exact) mass is 307 g/mol. The number of nitrogens with zero attached hydrogens (tertiary/aromatic N) is 2. The van der Waals surface area contributed by atoms with Crippen LogP contribution in [0.25, 0.3) is 5.52 Å². The summed E-state index contributed by atoms with van der Waals surface area (Å²) in [6.45, 7) is 2.67. The Hall–Kier alpha value is -1.98. The molecule has 4 nitrogen and oxygen atoms in total. The van der Waals surface area contributed by atoms with E-state index < -0.39 is 5.92 Å². The molecular formula is C16H19F2N3O. The van der Waals surface area contributed by atoms with Crippen LogP contribution < -0.4 is 5.32 Å². The maximum Gasteiger partial charge on any atom is 0.253 e. The second-order valence-corrected chi connectivity index (χ2v) is 6.06. The van der Waals surface area contributed by atoms with Gasteiger partial charge in [0, 0.05) is 24.6 Å². The van der Waals surface area contributed by atoms with Crippen LogP contribution in [0.2, 0.25) is 0 Å². The lowest BCUT2D eigenvalue weighted by Crippen LogP contribution is -2.29. The topological polar surface area (TPSA) is 46.4 Å². The van der Waals surface area contributed by atoms with Crippen LogP contribution in [0.15, 0.2) is 18.3 Å². The quantitative estimate of drug-likeness (QED) is 0.921. The Morgan fingerprint density at radius 2 is 2.18 bits per heavy atom. The van der Waals surface area contributed by atoms with Gasteiger partial charge in [0.25, 0.3) is 5.91 Å². The highest BCUT2D eigenvalue weighted by Crippen LogP contribution is 2.39. The van der Waals surface area contributed by atoms with E-state index in [1.165, 1.54) is 0 Å². The minimum absolute atomic E-state index is 0.0424. The molecule has 1 N–H and O–H groups in total. The third kappa shape index (κ3) is 2.96. The van der Waals surface area contributed by atoms with Gasteiger partial charge in [0.05, 0.1) is 17.3 Å². The van der Waals surface area contributed by atoms with E-state index in [1.807, 2.05) is 17.4 Å². The highest BCUT2D eigenvalue weighted by molar-refractivity contribution is 5.95. The first-order chi connectivity index (χ1) is 10.4. The van der Waals surface area contributed by atoms with Crippen molar-refractivity contribution >= 4 is 11.4 Å². The lowest BCUT2D eigenvalue weighted by Gasteiger charge is -2.13. The minimum Gasteiger partial charge on any atom is -0.352 e. The van der Waals surface area contributed by atoms with Crippen molar-refractivity contribution in [3.63, 3.8) is 0 Å². The molecule has 0 aliphatic heterocycles. The molecule has 1 aliphatic rings. The van der Waals surface area contributed by atoms with E-state index in [9.17, 15) is 13.6 Å². The molecule has 1 aliphatic carbocycles. The predicted molar refractivity (Wildman–Crippen MR) is 79.5 cm³/mol. The molecule has 118 valence electrons. The van der Waals surface area contributed by atoms with Crippen molar-refractivity contribution in [2.75, 3.05) is 6.54 Å². The number of aryl methyl sites for hydroxylation is 1. The number of alkyl halides is 2. The number of imidazole rings is 1. The summed E-state index contributed by atoms with van der Waals surface area (Å²) in [4.78, 5) is 16.7. The second kappa shape index (κ2) is 5.34. The molecule has 6 heteroatoms. The molecule has 22 heavy (non-hydrogen) atoms. The van der Waals surface area contributed by atoms with Crippen molar-refractivity contribution in [2.45, 2.75) is 45.0 Å². The first-order valence-electron chi connectivity index (χ1n) is 7.50. The van der Waals surface area contributed by atoms with Gasteiger partial charge in [0.15, 0.2) is 0 Å². The van der Waals surface area contributed by atoms with Crippen LogP contribution in [0.3, 0.4) is 0 Å². The van der Waals surface area contributed by atoms with Crippen LogP contribution in [-0.2, 0) is 0 Å². The van der Waals surface area contributed by atoms with E-state index in [2.05, 4.69) is 10.3 Å². The fraction of sp³-hybridized carbons (Fsp3) is 0.500. The summed E-state index contributed by atoms with van der Waals surface area (Å²) in [6.07, 6.45) is 3.69. The summed E-state index contributed by atoms with van der Waals surface area (Å²) in [7, 11) is 0. The normalized spacial score (nSPS) is 15.3. The van der Waals surface area contributed by atoms with E-state index in [1.54, 1.807) is 12.3 Å². The predicted octanol–water partition coefficient (Wildman–Crippen LogP) is 3.30. The van der Waals surface area contributed by atoms with E-state index >= 15 is 0 Å². The Kier molecular flexibility index (Phi) is 3.62. The number of hydrogen-bond acceptors (Lipinski definition) is 2. The zero-order chi connectivity index (χ0) is 15.9. The van der Waals surface area contributed by atoms with Crippen LogP contribution >= 0.6 is 0 Å². The lowest BCUT2D eigenvalue weighted by molar-refractivity contribution is 0.0137. The maximum atomic E-state index is 12.8. The number of aromatic nitrogens is 2. The molecule has 1 fully saturated rings. The highest BCUT2D eigenvalue weighted by atomic mass is 19.3. The summed E-state index contributed by atoms with van der Waals surface area (Å²) < 4.78 is 27.6. The molecule has 0 saturated heterocycles. The molecular weight excluding hydrogens is 288 g/mol. The molecule has 2 aromatic rings. The first-order valence-corrected chi connectivity index (χ1v) is 7.50. The number of nitrogens with one attached hydrogen (secondary N) is 1. The average Bonchev–Trinajstić information content (AvgIpc) is 3.17. The number of pyridine rings is 1. The zero-order valence-corrected chi connectivity index (χ0v) is 12.7. The van der Waals surface area contributed by atoms with Gasteiger partial charge < -0.3 is 5.32 Å². The van der Waals surface area contributed by atoms with Crippen LogP contribution in [0, 0.1) is 6.92 Å². The second-order valence-electron chi connectivity index (χ2n) is 6.06. The van der Waals surface area contributed by atoms with Crippen molar-refractivity contribution in [1.82, 2.24) is 14.7 Å². The minimum atomic E-state index is -2.77. The summed E-state index contributed by atoms with van der Waals surface area (Å²) in [5.41, 5.74) is 2.26. The Morgan fingerprint density at radius 3 is 2.82 bits per heavy atom.